The van der Waals surface area contributed by atoms with Crippen LogP contribution < -0.4 is 4.90 Å². The van der Waals surface area contributed by atoms with Crippen LogP contribution in [0.5, 0.6) is 0 Å². The number of nitrogens with zero attached hydrogens (tertiary/aromatic N) is 5. The summed E-state index contributed by atoms with van der Waals surface area (Å²) in [5.41, 5.74) is 0.0250. The molecule has 7 nitrogen and oxygen atoms in total. The summed E-state index contributed by atoms with van der Waals surface area (Å²) in [6.07, 6.45) is 5.70. The highest BCUT2D eigenvalue weighted by Crippen LogP contribution is 2.53. The molecule has 2 atom stereocenters. The third-order valence-electron chi connectivity index (χ3n) is 7.14. The molecule has 3 saturated heterocycles. The molecule has 5 heterocycles. The van der Waals surface area contributed by atoms with Crippen molar-refractivity contribution in [2.24, 2.45) is 0 Å². The zero-order valence-corrected chi connectivity index (χ0v) is 17.4. The van der Waals surface area contributed by atoms with Crippen molar-refractivity contribution in [3.05, 3.63) is 60.2 Å². The molecule has 1 aromatic carbocycles. The molecule has 8 heteroatoms. The highest BCUT2D eigenvalue weighted by molar-refractivity contribution is 5.89. The van der Waals surface area contributed by atoms with E-state index in [1.807, 2.05) is 36.1 Å². The monoisotopic (exact) mass is 421 g/mol. The van der Waals surface area contributed by atoms with Gasteiger partial charge in [0.25, 0.3) is 5.91 Å². The Morgan fingerprint density at radius 1 is 1.13 bits per heavy atom. The molecule has 31 heavy (non-hydrogen) atoms. The summed E-state index contributed by atoms with van der Waals surface area (Å²) < 4.78 is 22.0. The summed E-state index contributed by atoms with van der Waals surface area (Å²) in [4.78, 5) is 21.9. The molecule has 1 amide bonds. The van der Waals surface area contributed by atoms with Crippen LogP contribution in [0.15, 0.2) is 48.8 Å². The van der Waals surface area contributed by atoms with E-state index in [9.17, 15) is 9.18 Å². The Balaban J connectivity index is 1.26. The van der Waals surface area contributed by atoms with Gasteiger partial charge in [-0.25, -0.2) is 9.37 Å². The normalized spacial score (nSPS) is 27.4. The topological polar surface area (TPSA) is 63.0 Å². The summed E-state index contributed by atoms with van der Waals surface area (Å²) >= 11 is 0. The Kier molecular flexibility index (Phi) is 3.93. The summed E-state index contributed by atoms with van der Waals surface area (Å²) in [5.74, 6) is 0.444. The molecular formula is C23H24FN5O2. The first-order valence-corrected chi connectivity index (χ1v) is 10.8. The van der Waals surface area contributed by atoms with Crippen LogP contribution in [0, 0.1) is 5.82 Å². The molecule has 0 N–H and O–H groups in total. The highest BCUT2D eigenvalue weighted by atomic mass is 19.1. The molecule has 1 spiro atoms. The summed E-state index contributed by atoms with van der Waals surface area (Å²) in [6.45, 7) is 3.31. The fourth-order valence-corrected chi connectivity index (χ4v) is 5.62. The Morgan fingerprint density at radius 3 is 2.68 bits per heavy atom. The number of piperidine rings is 1. The van der Waals surface area contributed by atoms with Crippen molar-refractivity contribution in [3.8, 4) is 0 Å². The summed E-state index contributed by atoms with van der Waals surface area (Å²) in [5, 5.41) is 4.13. The lowest BCUT2D eigenvalue weighted by atomic mass is 9.89. The van der Waals surface area contributed by atoms with Gasteiger partial charge in [0.15, 0.2) is 17.1 Å². The number of amides is 1. The lowest BCUT2D eigenvalue weighted by Crippen LogP contribution is -2.50. The van der Waals surface area contributed by atoms with Crippen LogP contribution in [0.1, 0.15) is 44.2 Å². The lowest BCUT2D eigenvalue weighted by molar-refractivity contribution is -0.143. The Morgan fingerprint density at radius 2 is 1.90 bits per heavy atom. The van der Waals surface area contributed by atoms with E-state index in [4.69, 9.17) is 4.74 Å². The predicted octanol–water partition coefficient (Wildman–Crippen LogP) is 3.32. The van der Waals surface area contributed by atoms with Gasteiger partial charge in [0.1, 0.15) is 11.5 Å². The molecule has 0 bridgehead atoms. The SMILES string of the molecule is CC12CCC(c3ccccc3)N1C(=O)C1(CCN(c3ccnc4c(F)cnn34)CC1)O2. The molecule has 160 valence electrons. The third kappa shape index (κ3) is 2.64. The number of rotatable bonds is 2. The van der Waals surface area contributed by atoms with E-state index in [1.165, 1.54) is 10.7 Å². The summed E-state index contributed by atoms with van der Waals surface area (Å²) in [7, 11) is 0. The second-order valence-corrected chi connectivity index (χ2v) is 8.93. The first-order valence-electron chi connectivity index (χ1n) is 10.8. The number of carbonyl (C=O) groups excluding carboxylic acids is 1. The number of aromatic nitrogens is 3. The van der Waals surface area contributed by atoms with Gasteiger partial charge in [-0.2, -0.15) is 9.61 Å². The van der Waals surface area contributed by atoms with Gasteiger partial charge in [0, 0.05) is 32.1 Å². The number of benzene rings is 1. The van der Waals surface area contributed by atoms with Crippen molar-refractivity contribution in [1.29, 1.82) is 0 Å². The van der Waals surface area contributed by atoms with Gasteiger partial charge in [0.2, 0.25) is 0 Å². The second kappa shape index (κ2) is 6.50. The zero-order chi connectivity index (χ0) is 21.2. The van der Waals surface area contributed by atoms with Crippen molar-refractivity contribution >= 4 is 17.4 Å². The maximum absolute atomic E-state index is 13.9. The number of carbonyl (C=O) groups is 1. The van der Waals surface area contributed by atoms with Crippen molar-refractivity contribution in [1.82, 2.24) is 19.5 Å². The van der Waals surface area contributed by atoms with E-state index in [0.717, 1.165) is 24.2 Å². The van der Waals surface area contributed by atoms with Crippen LogP contribution in [0.2, 0.25) is 0 Å². The molecular weight excluding hydrogens is 397 g/mol. The minimum atomic E-state index is -0.791. The van der Waals surface area contributed by atoms with Gasteiger partial charge < -0.3 is 14.5 Å². The Labute approximate surface area is 179 Å². The molecule has 3 aliphatic heterocycles. The van der Waals surface area contributed by atoms with Crippen LogP contribution >= 0.6 is 0 Å². The van der Waals surface area contributed by atoms with E-state index >= 15 is 0 Å². The van der Waals surface area contributed by atoms with Crippen molar-refractivity contribution in [3.63, 3.8) is 0 Å². The number of anilines is 1. The third-order valence-corrected chi connectivity index (χ3v) is 7.14. The predicted molar refractivity (Wildman–Crippen MR) is 112 cm³/mol. The van der Waals surface area contributed by atoms with E-state index in [2.05, 4.69) is 27.1 Å². The number of hydrogen-bond acceptors (Lipinski definition) is 5. The Hall–Kier alpha value is -3.00. The van der Waals surface area contributed by atoms with Gasteiger partial charge in [-0.05, 0) is 31.4 Å². The van der Waals surface area contributed by atoms with Crippen molar-refractivity contribution < 1.29 is 13.9 Å². The van der Waals surface area contributed by atoms with E-state index in [-0.39, 0.29) is 17.6 Å². The van der Waals surface area contributed by atoms with Gasteiger partial charge in [-0.1, -0.05) is 30.3 Å². The molecule has 3 fully saturated rings. The van der Waals surface area contributed by atoms with Gasteiger partial charge >= 0.3 is 0 Å². The van der Waals surface area contributed by atoms with Crippen LogP contribution in [0.25, 0.3) is 5.65 Å². The minimum absolute atomic E-state index is 0.0583. The van der Waals surface area contributed by atoms with Crippen molar-refractivity contribution in [2.75, 3.05) is 18.0 Å². The standard InChI is InChI=1S/C23H24FN5O2/c1-22-9-7-18(16-5-3-2-4-6-16)28(22)21(30)23(31-22)10-13-27(14-11-23)19-8-12-25-20-17(24)15-26-29(19)20/h2-6,8,12,15,18H,7,9-11,13-14H2,1H3. The summed E-state index contributed by atoms with van der Waals surface area (Å²) in [6, 6.07) is 12.1. The number of hydrogen-bond donors (Lipinski definition) is 0. The number of halogens is 1. The average Bonchev–Trinajstić information content (AvgIpc) is 3.40. The van der Waals surface area contributed by atoms with Crippen LogP contribution in [0.4, 0.5) is 10.2 Å². The van der Waals surface area contributed by atoms with E-state index in [1.54, 1.807) is 6.20 Å². The van der Waals surface area contributed by atoms with Gasteiger partial charge in [-0.3, -0.25) is 4.79 Å². The Bertz CT molecular complexity index is 1160. The second-order valence-electron chi connectivity index (χ2n) is 8.93. The first-order chi connectivity index (χ1) is 15.0. The average molecular weight is 421 g/mol. The van der Waals surface area contributed by atoms with E-state index in [0.29, 0.717) is 25.9 Å². The minimum Gasteiger partial charge on any atom is -0.356 e. The fraction of sp³-hybridized carbons (Fsp3) is 0.435. The molecule has 3 aliphatic rings. The number of fused-ring (bicyclic) bond motifs is 2. The van der Waals surface area contributed by atoms with Crippen molar-refractivity contribution in [2.45, 2.75) is 50.0 Å². The molecule has 2 aromatic heterocycles. The van der Waals surface area contributed by atoms with Gasteiger partial charge in [-0.15, -0.1) is 0 Å². The van der Waals surface area contributed by atoms with Gasteiger partial charge in [0.05, 0.1) is 12.2 Å². The smallest absolute Gasteiger partial charge is 0.257 e. The quantitative estimate of drug-likeness (QED) is 0.635. The lowest BCUT2D eigenvalue weighted by Gasteiger charge is -2.38. The fourth-order valence-electron chi connectivity index (χ4n) is 5.62. The number of ether oxygens (including phenoxy) is 1. The largest absolute Gasteiger partial charge is 0.356 e. The molecule has 0 saturated carbocycles. The molecule has 0 radical (unpaired) electrons. The zero-order valence-electron chi connectivity index (χ0n) is 17.4. The molecule has 2 unspecified atom stereocenters. The van der Waals surface area contributed by atoms with E-state index < -0.39 is 17.1 Å². The molecule has 6 rings (SSSR count). The first kappa shape index (κ1) is 18.7. The maximum atomic E-state index is 13.9. The highest BCUT2D eigenvalue weighted by Gasteiger charge is 2.63. The van der Waals surface area contributed by atoms with Crippen LogP contribution in [0.3, 0.4) is 0 Å². The van der Waals surface area contributed by atoms with Crippen LogP contribution in [-0.2, 0) is 9.53 Å². The molecule has 0 aliphatic carbocycles. The maximum Gasteiger partial charge on any atom is 0.257 e. The van der Waals surface area contributed by atoms with Crippen LogP contribution in [-0.4, -0.2) is 49.8 Å². The molecule has 3 aromatic rings.